The van der Waals surface area contributed by atoms with Gasteiger partial charge in [0.15, 0.2) is 0 Å². The van der Waals surface area contributed by atoms with Crippen LogP contribution in [0.5, 0.6) is 0 Å². The standard InChI is InChI=1S/C11H17NO/c1-8-3-4-9(2)12(8)10-5-6-11(13)7-10/h3-4,10-11,13H,5-7H2,1-2H3. The maximum Gasteiger partial charge on any atom is 0.0560 e. The van der Waals surface area contributed by atoms with Gasteiger partial charge in [0, 0.05) is 17.4 Å². The molecule has 0 bridgehead atoms. The van der Waals surface area contributed by atoms with Gasteiger partial charge in [0.25, 0.3) is 0 Å². The van der Waals surface area contributed by atoms with E-state index in [9.17, 15) is 5.11 Å². The van der Waals surface area contributed by atoms with Crippen LogP contribution in [0.1, 0.15) is 36.7 Å². The summed E-state index contributed by atoms with van der Waals surface area (Å²) in [4.78, 5) is 0. The fourth-order valence-electron chi connectivity index (χ4n) is 2.42. The van der Waals surface area contributed by atoms with Crippen molar-refractivity contribution >= 4 is 0 Å². The van der Waals surface area contributed by atoms with Gasteiger partial charge in [-0.1, -0.05) is 0 Å². The van der Waals surface area contributed by atoms with Crippen molar-refractivity contribution in [1.82, 2.24) is 4.57 Å². The number of nitrogens with zero attached hydrogens (tertiary/aromatic N) is 1. The lowest BCUT2D eigenvalue weighted by Crippen LogP contribution is -2.09. The number of aliphatic hydroxyl groups excluding tert-OH is 1. The monoisotopic (exact) mass is 179 g/mol. The Balaban J connectivity index is 2.25. The third-order valence-electron chi connectivity index (χ3n) is 3.07. The minimum absolute atomic E-state index is 0.0776. The zero-order valence-corrected chi connectivity index (χ0v) is 8.33. The summed E-state index contributed by atoms with van der Waals surface area (Å²) in [6.45, 7) is 4.27. The Morgan fingerprint density at radius 2 is 1.85 bits per heavy atom. The molecule has 1 aromatic rings. The van der Waals surface area contributed by atoms with E-state index in [2.05, 4.69) is 30.5 Å². The molecule has 2 unspecified atom stereocenters. The molecule has 0 spiro atoms. The van der Waals surface area contributed by atoms with Crippen LogP contribution in [-0.4, -0.2) is 15.8 Å². The summed E-state index contributed by atoms with van der Waals surface area (Å²) in [6.07, 6.45) is 2.93. The fraction of sp³-hybridized carbons (Fsp3) is 0.636. The molecule has 1 saturated carbocycles. The molecule has 13 heavy (non-hydrogen) atoms. The first kappa shape index (κ1) is 8.82. The second-order valence-corrected chi connectivity index (χ2v) is 4.11. The first-order valence-corrected chi connectivity index (χ1v) is 5.01. The summed E-state index contributed by atoms with van der Waals surface area (Å²) in [6, 6.07) is 4.84. The Hall–Kier alpha value is -0.760. The maximum atomic E-state index is 9.47. The fourth-order valence-corrected chi connectivity index (χ4v) is 2.42. The van der Waals surface area contributed by atoms with E-state index < -0.39 is 0 Å². The van der Waals surface area contributed by atoms with Crippen LogP contribution >= 0.6 is 0 Å². The molecule has 1 aliphatic carbocycles. The molecule has 0 aromatic carbocycles. The summed E-state index contributed by atoms with van der Waals surface area (Å²) in [5, 5.41) is 9.47. The van der Waals surface area contributed by atoms with E-state index in [0.29, 0.717) is 6.04 Å². The van der Waals surface area contributed by atoms with Crippen LogP contribution in [0.25, 0.3) is 0 Å². The SMILES string of the molecule is Cc1ccc(C)n1C1CCC(O)C1. The van der Waals surface area contributed by atoms with Crippen LogP contribution in [-0.2, 0) is 0 Å². The van der Waals surface area contributed by atoms with E-state index in [-0.39, 0.29) is 6.10 Å². The van der Waals surface area contributed by atoms with E-state index in [1.54, 1.807) is 0 Å². The molecular weight excluding hydrogens is 162 g/mol. The Bertz CT molecular complexity index is 284. The Morgan fingerprint density at radius 3 is 2.31 bits per heavy atom. The van der Waals surface area contributed by atoms with Crippen LogP contribution < -0.4 is 0 Å². The summed E-state index contributed by atoms with van der Waals surface area (Å²) in [5.41, 5.74) is 2.63. The number of rotatable bonds is 1. The predicted molar refractivity (Wildman–Crippen MR) is 52.8 cm³/mol. The second kappa shape index (κ2) is 3.18. The average molecular weight is 179 g/mol. The molecule has 1 fully saturated rings. The summed E-state index contributed by atoms with van der Waals surface area (Å²) in [7, 11) is 0. The van der Waals surface area contributed by atoms with Crippen LogP contribution in [0.3, 0.4) is 0 Å². The van der Waals surface area contributed by atoms with Crippen LogP contribution in [0, 0.1) is 13.8 Å². The van der Waals surface area contributed by atoms with Crippen molar-refractivity contribution in [3.05, 3.63) is 23.5 Å². The molecule has 1 aliphatic rings. The molecule has 0 saturated heterocycles. The maximum absolute atomic E-state index is 9.47. The second-order valence-electron chi connectivity index (χ2n) is 4.11. The molecular formula is C11H17NO. The third kappa shape index (κ3) is 1.51. The van der Waals surface area contributed by atoms with Gasteiger partial charge in [-0.2, -0.15) is 0 Å². The number of aliphatic hydroxyl groups is 1. The van der Waals surface area contributed by atoms with Crippen molar-refractivity contribution in [2.24, 2.45) is 0 Å². The van der Waals surface area contributed by atoms with Crippen molar-refractivity contribution < 1.29 is 5.11 Å². The Labute approximate surface area is 79.2 Å². The molecule has 2 atom stereocenters. The molecule has 2 heteroatoms. The Morgan fingerprint density at radius 1 is 1.23 bits per heavy atom. The normalized spacial score (nSPS) is 28.2. The molecule has 1 aromatic heterocycles. The lowest BCUT2D eigenvalue weighted by Gasteiger charge is -2.16. The minimum Gasteiger partial charge on any atom is -0.393 e. The third-order valence-corrected chi connectivity index (χ3v) is 3.07. The summed E-state index contributed by atoms with van der Waals surface area (Å²) in [5.74, 6) is 0. The van der Waals surface area contributed by atoms with Crippen LogP contribution in [0.2, 0.25) is 0 Å². The summed E-state index contributed by atoms with van der Waals surface area (Å²) < 4.78 is 2.36. The average Bonchev–Trinajstić information content (AvgIpc) is 2.60. The van der Waals surface area contributed by atoms with E-state index in [4.69, 9.17) is 0 Å². The van der Waals surface area contributed by atoms with Gasteiger partial charge >= 0.3 is 0 Å². The van der Waals surface area contributed by atoms with Crippen molar-refractivity contribution in [2.45, 2.75) is 45.3 Å². The van der Waals surface area contributed by atoms with E-state index in [1.807, 2.05) is 0 Å². The number of hydrogen-bond acceptors (Lipinski definition) is 1. The molecule has 0 radical (unpaired) electrons. The number of aryl methyl sites for hydroxylation is 2. The largest absolute Gasteiger partial charge is 0.393 e. The first-order valence-electron chi connectivity index (χ1n) is 5.01. The lowest BCUT2D eigenvalue weighted by atomic mass is 10.2. The van der Waals surface area contributed by atoms with Gasteiger partial charge in [-0.3, -0.25) is 0 Å². The molecule has 1 heterocycles. The van der Waals surface area contributed by atoms with Crippen molar-refractivity contribution in [2.75, 3.05) is 0 Å². The van der Waals surface area contributed by atoms with Gasteiger partial charge in [-0.05, 0) is 45.2 Å². The van der Waals surface area contributed by atoms with Gasteiger partial charge in [-0.15, -0.1) is 0 Å². The van der Waals surface area contributed by atoms with E-state index in [1.165, 1.54) is 11.4 Å². The molecule has 1 N–H and O–H groups in total. The first-order chi connectivity index (χ1) is 6.18. The minimum atomic E-state index is -0.0776. The van der Waals surface area contributed by atoms with E-state index in [0.717, 1.165) is 19.3 Å². The van der Waals surface area contributed by atoms with Gasteiger partial charge in [0.2, 0.25) is 0 Å². The molecule has 0 amide bonds. The highest BCUT2D eigenvalue weighted by Crippen LogP contribution is 2.32. The van der Waals surface area contributed by atoms with Crippen LogP contribution in [0.4, 0.5) is 0 Å². The topological polar surface area (TPSA) is 25.2 Å². The summed E-state index contributed by atoms with van der Waals surface area (Å²) >= 11 is 0. The highest BCUT2D eigenvalue weighted by molar-refractivity contribution is 5.15. The van der Waals surface area contributed by atoms with Crippen molar-refractivity contribution in [3.8, 4) is 0 Å². The highest BCUT2D eigenvalue weighted by atomic mass is 16.3. The molecule has 2 nitrogen and oxygen atoms in total. The number of hydrogen-bond donors (Lipinski definition) is 1. The van der Waals surface area contributed by atoms with Crippen molar-refractivity contribution in [3.63, 3.8) is 0 Å². The quantitative estimate of drug-likeness (QED) is 0.702. The van der Waals surface area contributed by atoms with Crippen LogP contribution in [0.15, 0.2) is 12.1 Å². The molecule has 72 valence electrons. The predicted octanol–water partition coefficient (Wildman–Crippen LogP) is 2.19. The van der Waals surface area contributed by atoms with E-state index >= 15 is 0 Å². The van der Waals surface area contributed by atoms with Gasteiger partial charge in [0.05, 0.1) is 6.10 Å². The Kier molecular flexibility index (Phi) is 2.16. The molecule has 0 aliphatic heterocycles. The zero-order chi connectivity index (χ0) is 9.42. The van der Waals surface area contributed by atoms with Gasteiger partial charge in [-0.25, -0.2) is 0 Å². The lowest BCUT2D eigenvalue weighted by molar-refractivity contribution is 0.178. The van der Waals surface area contributed by atoms with Gasteiger partial charge in [0.1, 0.15) is 0 Å². The smallest absolute Gasteiger partial charge is 0.0560 e. The number of aromatic nitrogens is 1. The van der Waals surface area contributed by atoms with Crippen molar-refractivity contribution in [1.29, 1.82) is 0 Å². The molecule has 2 rings (SSSR count). The zero-order valence-electron chi connectivity index (χ0n) is 8.33. The highest BCUT2D eigenvalue weighted by Gasteiger charge is 2.25. The van der Waals surface area contributed by atoms with Gasteiger partial charge < -0.3 is 9.67 Å².